The van der Waals surface area contributed by atoms with Crippen LogP contribution in [-0.2, 0) is 3.10 Å². The van der Waals surface area contributed by atoms with Gasteiger partial charge in [0, 0.05) is 0 Å². The molecular weight excluding hydrogens is 192 g/mol. The second-order valence-electron chi connectivity index (χ2n) is 0.231. The molecular formula is H4O4Te. The third-order valence-electron chi connectivity index (χ3n) is 0. The molecule has 0 saturated heterocycles. The minimum absolute atomic E-state index is 0. The molecule has 5 heavy (non-hydrogen) atoms. The zero-order valence-corrected chi connectivity index (χ0v) is 4.54. The summed E-state index contributed by atoms with van der Waals surface area (Å²) in [7, 11) is 0. The molecule has 0 atom stereocenters. The van der Waals surface area contributed by atoms with Crippen LogP contribution in [0.25, 0.3) is 0 Å². The van der Waals surface area contributed by atoms with Crippen LogP contribution in [0.2, 0.25) is 0 Å². The molecule has 34 valence electrons. The van der Waals surface area contributed by atoms with Gasteiger partial charge in [-0.05, 0) is 0 Å². The summed E-state index contributed by atoms with van der Waals surface area (Å²) in [5.74, 6) is 0. The molecule has 0 amide bonds. The molecule has 0 fully saturated rings. The van der Waals surface area contributed by atoms with Gasteiger partial charge in [-0.25, -0.2) is 0 Å². The summed E-state index contributed by atoms with van der Waals surface area (Å²) in [6.45, 7) is 0. The maximum atomic E-state index is 8.81. The Hall–Kier alpha value is 0.470. The molecule has 0 aromatic heterocycles. The van der Waals surface area contributed by atoms with E-state index < -0.39 is 20.4 Å². The average Bonchev–Trinajstić information content (AvgIpc) is 0.811. The normalized spacial score (nSPS) is 7.00. The number of hydrogen-bond donors (Lipinski definition) is 2. The Kier molecular flexibility index (Phi) is 8.11. The fourth-order valence-corrected chi connectivity index (χ4v) is 0. The van der Waals surface area contributed by atoms with Crippen molar-refractivity contribution in [2.75, 3.05) is 0 Å². The van der Waals surface area contributed by atoms with Gasteiger partial charge in [0.1, 0.15) is 0 Å². The summed E-state index contributed by atoms with van der Waals surface area (Å²) in [5.41, 5.74) is 0. The van der Waals surface area contributed by atoms with E-state index in [0.29, 0.717) is 0 Å². The Morgan fingerprint density at radius 1 is 1.40 bits per heavy atom. The van der Waals surface area contributed by atoms with Crippen LogP contribution in [0, 0.1) is 0 Å². The molecule has 0 aliphatic rings. The third kappa shape index (κ3) is 124. The second kappa shape index (κ2) is 4.47. The van der Waals surface area contributed by atoms with Gasteiger partial charge in [0.2, 0.25) is 0 Å². The van der Waals surface area contributed by atoms with Crippen molar-refractivity contribution in [2.24, 2.45) is 0 Å². The molecule has 4 N–H and O–H groups in total. The Labute approximate surface area is 36.5 Å². The zero-order chi connectivity index (χ0) is 3.58. The maximum absolute atomic E-state index is 8.81. The van der Waals surface area contributed by atoms with Crippen LogP contribution in [0.1, 0.15) is 0 Å². The average molecular weight is 196 g/mol. The van der Waals surface area contributed by atoms with Gasteiger partial charge >= 0.3 is 30.4 Å². The van der Waals surface area contributed by atoms with Gasteiger partial charge < -0.3 is 5.48 Å². The fraction of sp³-hybridized carbons (Fsp3) is 0. The molecule has 0 rings (SSSR count). The summed E-state index contributed by atoms with van der Waals surface area (Å²) in [5, 5.41) is 0. The monoisotopic (exact) mass is 198 g/mol. The molecule has 0 unspecified atom stereocenters. The summed E-state index contributed by atoms with van der Waals surface area (Å²) in [6.07, 6.45) is 0. The molecule has 0 radical (unpaired) electrons. The van der Waals surface area contributed by atoms with Crippen molar-refractivity contribution in [3.8, 4) is 0 Å². The van der Waals surface area contributed by atoms with Crippen molar-refractivity contribution in [1.29, 1.82) is 0 Å². The van der Waals surface area contributed by atoms with E-state index in [9.17, 15) is 0 Å². The first-order chi connectivity index (χ1) is 1.73. The van der Waals surface area contributed by atoms with Crippen LogP contribution < -0.4 is 0 Å². The van der Waals surface area contributed by atoms with E-state index in [1.807, 2.05) is 0 Å². The molecule has 0 spiro atoms. The Bertz CT molecular complexity index is 26.6. The van der Waals surface area contributed by atoms with Crippen molar-refractivity contribution in [3.63, 3.8) is 0 Å². The molecule has 0 saturated carbocycles. The van der Waals surface area contributed by atoms with Gasteiger partial charge in [-0.1, -0.05) is 0 Å². The topological polar surface area (TPSA) is 89.0 Å². The van der Waals surface area contributed by atoms with Gasteiger partial charge in [0.25, 0.3) is 0 Å². The molecule has 0 aromatic carbocycles. The van der Waals surface area contributed by atoms with Gasteiger partial charge in [-0.15, -0.1) is 0 Å². The first kappa shape index (κ1) is 9.08. The predicted molar refractivity (Wildman–Crippen MR) is 14.5 cm³/mol. The van der Waals surface area contributed by atoms with Gasteiger partial charge in [0.15, 0.2) is 0 Å². The fourth-order valence-electron chi connectivity index (χ4n) is 0. The van der Waals surface area contributed by atoms with Crippen molar-refractivity contribution in [1.82, 2.24) is 0 Å². The van der Waals surface area contributed by atoms with Gasteiger partial charge in [0.05, 0.1) is 0 Å². The van der Waals surface area contributed by atoms with E-state index in [-0.39, 0.29) is 5.48 Å². The summed E-state index contributed by atoms with van der Waals surface area (Å²) < 4.78 is 23.3. The van der Waals surface area contributed by atoms with E-state index in [2.05, 4.69) is 0 Å². The Balaban J connectivity index is 0. The van der Waals surface area contributed by atoms with E-state index in [0.717, 1.165) is 0 Å². The molecule has 0 aliphatic heterocycles. The van der Waals surface area contributed by atoms with E-state index in [1.165, 1.54) is 0 Å². The number of rotatable bonds is 0. The quantitative estimate of drug-likeness (QED) is 0.421. The first-order valence-electron chi connectivity index (χ1n) is 0.532. The molecule has 0 aliphatic carbocycles. The van der Waals surface area contributed by atoms with E-state index in [1.54, 1.807) is 0 Å². The standard InChI is InChI=1S/H2O3Te.H2O/c1-4(2)3;/h(H2,1,2,3);1H2. The minimum atomic E-state index is -3.61. The predicted octanol–water partition coefficient (Wildman–Crippen LogP) is -2.44. The molecule has 0 aromatic rings. The van der Waals surface area contributed by atoms with Crippen LogP contribution >= 0.6 is 0 Å². The summed E-state index contributed by atoms with van der Waals surface area (Å²) in [6, 6.07) is 0. The molecule has 0 heterocycles. The first-order valence-corrected chi connectivity index (χ1v) is 3.57. The summed E-state index contributed by atoms with van der Waals surface area (Å²) >= 11 is -3.61. The van der Waals surface area contributed by atoms with Crippen molar-refractivity contribution in [2.45, 2.75) is 0 Å². The van der Waals surface area contributed by atoms with Crippen LogP contribution in [0.5, 0.6) is 0 Å². The summed E-state index contributed by atoms with van der Waals surface area (Å²) in [4.78, 5) is 0. The second-order valence-corrected chi connectivity index (χ2v) is 1.55. The number of hydrogen-bond acceptors (Lipinski definition) is 1. The Morgan fingerprint density at radius 3 is 1.40 bits per heavy atom. The molecule has 4 nitrogen and oxygen atoms in total. The van der Waals surface area contributed by atoms with Crippen molar-refractivity contribution < 1.29 is 15.5 Å². The van der Waals surface area contributed by atoms with Crippen molar-refractivity contribution >= 4 is 20.4 Å². The van der Waals surface area contributed by atoms with Gasteiger partial charge in [-0.3, -0.25) is 0 Å². The van der Waals surface area contributed by atoms with Crippen LogP contribution in [-0.4, -0.2) is 32.8 Å². The van der Waals surface area contributed by atoms with E-state index in [4.69, 9.17) is 10.0 Å². The van der Waals surface area contributed by atoms with Crippen LogP contribution in [0.15, 0.2) is 0 Å². The van der Waals surface area contributed by atoms with Crippen molar-refractivity contribution in [3.05, 3.63) is 0 Å². The molecule has 0 bridgehead atoms. The third-order valence-corrected chi connectivity index (χ3v) is 0. The van der Waals surface area contributed by atoms with Crippen LogP contribution in [0.4, 0.5) is 0 Å². The van der Waals surface area contributed by atoms with Crippen LogP contribution in [0.3, 0.4) is 0 Å². The SMILES string of the molecule is O.O=[Te](O)O. The Morgan fingerprint density at radius 2 is 1.40 bits per heavy atom. The molecule has 5 heteroatoms. The zero-order valence-electron chi connectivity index (χ0n) is 2.21. The van der Waals surface area contributed by atoms with Gasteiger partial charge in [-0.2, -0.15) is 0 Å². The van der Waals surface area contributed by atoms with E-state index >= 15 is 0 Å².